The number of thiazole rings is 1. The molecule has 1 aliphatic heterocycles. The molecule has 2 aliphatic rings. The molecule has 2 heterocycles. The molecule has 2 fully saturated rings. The minimum Gasteiger partial charge on any atom is -0.301 e. The Morgan fingerprint density at radius 1 is 1.24 bits per heavy atom. The number of likely N-dealkylation sites (N-methyl/N-ethyl adjacent to an activating group) is 1. The largest absolute Gasteiger partial charge is 0.301 e. The van der Waals surface area contributed by atoms with E-state index in [0.29, 0.717) is 5.92 Å². The third kappa shape index (κ3) is 3.71. The molecule has 0 bridgehead atoms. The molecule has 21 heavy (non-hydrogen) atoms. The highest BCUT2D eigenvalue weighted by molar-refractivity contribution is 7.13. The van der Waals surface area contributed by atoms with Crippen LogP contribution in [0.5, 0.6) is 0 Å². The molecule has 1 saturated carbocycles. The number of aromatic nitrogens is 1. The van der Waals surface area contributed by atoms with E-state index in [0.717, 1.165) is 48.2 Å². The standard InChI is InChI=1S/C16H25N3OS/c1-3-18-8-10-19(11-9-18)7-6-14-17-15(13-4-5-13)16(21-14)12(2)20/h13H,3-11H2,1-2H3. The normalized spacial score (nSPS) is 20.9. The topological polar surface area (TPSA) is 36.4 Å². The highest BCUT2D eigenvalue weighted by Crippen LogP contribution is 2.42. The van der Waals surface area contributed by atoms with Crippen LogP contribution in [0.2, 0.25) is 0 Å². The molecule has 1 saturated heterocycles. The van der Waals surface area contributed by atoms with Gasteiger partial charge in [-0.2, -0.15) is 0 Å². The van der Waals surface area contributed by atoms with Gasteiger partial charge in [-0.15, -0.1) is 11.3 Å². The van der Waals surface area contributed by atoms with Gasteiger partial charge in [-0.3, -0.25) is 4.79 Å². The van der Waals surface area contributed by atoms with Crippen LogP contribution in [-0.4, -0.2) is 59.8 Å². The Hall–Kier alpha value is -0.780. The van der Waals surface area contributed by atoms with Crippen molar-refractivity contribution in [3.05, 3.63) is 15.6 Å². The second-order valence-electron chi connectivity index (χ2n) is 6.18. The summed E-state index contributed by atoms with van der Waals surface area (Å²) in [6, 6.07) is 0. The smallest absolute Gasteiger partial charge is 0.171 e. The molecule has 1 aromatic heterocycles. The van der Waals surface area contributed by atoms with Crippen molar-refractivity contribution in [2.45, 2.75) is 39.0 Å². The summed E-state index contributed by atoms with van der Waals surface area (Å²) < 4.78 is 0. The van der Waals surface area contributed by atoms with E-state index in [1.807, 2.05) is 0 Å². The van der Waals surface area contributed by atoms with Crippen LogP contribution in [0, 0.1) is 0 Å². The van der Waals surface area contributed by atoms with Crippen molar-refractivity contribution in [2.24, 2.45) is 0 Å². The Bertz CT molecular complexity index is 502. The number of hydrogen-bond acceptors (Lipinski definition) is 5. The van der Waals surface area contributed by atoms with E-state index in [9.17, 15) is 4.79 Å². The van der Waals surface area contributed by atoms with Gasteiger partial charge in [-0.1, -0.05) is 6.92 Å². The Balaban J connectivity index is 1.56. The maximum Gasteiger partial charge on any atom is 0.171 e. The van der Waals surface area contributed by atoms with Gasteiger partial charge in [0.15, 0.2) is 5.78 Å². The zero-order valence-electron chi connectivity index (χ0n) is 13.1. The predicted molar refractivity (Wildman–Crippen MR) is 86.4 cm³/mol. The van der Waals surface area contributed by atoms with Gasteiger partial charge in [0.1, 0.15) is 0 Å². The second-order valence-corrected chi connectivity index (χ2v) is 7.26. The lowest BCUT2D eigenvalue weighted by molar-refractivity contribution is 0.102. The molecule has 0 atom stereocenters. The molecule has 0 unspecified atom stereocenters. The van der Waals surface area contributed by atoms with Crippen LogP contribution in [0.25, 0.3) is 0 Å². The minimum absolute atomic E-state index is 0.192. The zero-order chi connectivity index (χ0) is 14.8. The molecule has 116 valence electrons. The average molecular weight is 307 g/mol. The molecule has 0 spiro atoms. The number of Topliss-reactive ketones (excluding diaryl/α,β-unsaturated/α-hetero) is 1. The number of carbonyl (C=O) groups excluding carboxylic acids is 1. The highest BCUT2D eigenvalue weighted by atomic mass is 32.1. The summed E-state index contributed by atoms with van der Waals surface area (Å²) in [4.78, 5) is 22.5. The van der Waals surface area contributed by atoms with Crippen molar-refractivity contribution in [1.29, 1.82) is 0 Å². The van der Waals surface area contributed by atoms with E-state index in [-0.39, 0.29) is 5.78 Å². The van der Waals surface area contributed by atoms with Gasteiger partial charge in [0.2, 0.25) is 0 Å². The van der Waals surface area contributed by atoms with Gasteiger partial charge in [0.05, 0.1) is 15.6 Å². The fourth-order valence-electron chi connectivity index (χ4n) is 2.95. The lowest BCUT2D eigenvalue weighted by atomic mass is 10.2. The summed E-state index contributed by atoms with van der Waals surface area (Å²) in [5.74, 6) is 0.763. The van der Waals surface area contributed by atoms with Crippen LogP contribution in [0.4, 0.5) is 0 Å². The van der Waals surface area contributed by atoms with Crippen LogP contribution in [0.3, 0.4) is 0 Å². The lowest BCUT2D eigenvalue weighted by Crippen LogP contribution is -2.46. The summed E-state index contributed by atoms with van der Waals surface area (Å²) in [6.45, 7) is 10.8. The van der Waals surface area contributed by atoms with E-state index in [1.54, 1.807) is 18.3 Å². The Morgan fingerprint density at radius 2 is 1.90 bits per heavy atom. The molecule has 0 N–H and O–H groups in total. The van der Waals surface area contributed by atoms with Crippen molar-refractivity contribution >= 4 is 17.1 Å². The number of carbonyl (C=O) groups is 1. The van der Waals surface area contributed by atoms with E-state index in [1.165, 1.54) is 25.9 Å². The Morgan fingerprint density at radius 3 is 2.48 bits per heavy atom. The second kappa shape index (κ2) is 6.55. The third-order valence-corrected chi connectivity index (χ3v) is 5.77. The fraction of sp³-hybridized carbons (Fsp3) is 0.750. The van der Waals surface area contributed by atoms with Crippen LogP contribution in [0.1, 0.15) is 53.0 Å². The first-order valence-corrected chi connectivity index (χ1v) is 8.94. The highest BCUT2D eigenvalue weighted by Gasteiger charge is 2.31. The van der Waals surface area contributed by atoms with Gasteiger partial charge in [0, 0.05) is 52.0 Å². The van der Waals surface area contributed by atoms with Gasteiger partial charge >= 0.3 is 0 Å². The summed E-state index contributed by atoms with van der Waals surface area (Å²) in [7, 11) is 0. The number of nitrogens with zero attached hydrogens (tertiary/aromatic N) is 3. The monoisotopic (exact) mass is 307 g/mol. The summed E-state index contributed by atoms with van der Waals surface area (Å²) >= 11 is 1.63. The first-order valence-electron chi connectivity index (χ1n) is 8.12. The van der Waals surface area contributed by atoms with Crippen LogP contribution in [0.15, 0.2) is 0 Å². The molecule has 0 radical (unpaired) electrons. The van der Waals surface area contributed by atoms with Crippen molar-refractivity contribution in [3.63, 3.8) is 0 Å². The minimum atomic E-state index is 0.192. The molecule has 0 amide bonds. The molecule has 0 aromatic carbocycles. The van der Waals surface area contributed by atoms with E-state index in [2.05, 4.69) is 16.7 Å². The van der Waals surface area contributed by atoms with Crippen LogP contribution in [-0.2, 0) is 6.42 Å². The van der Waals surface area contributed by atoms with E-state index >= 15 is 0 Å². The maximum absolute atomic E-state index is 11.7. The molecular weight excluding hydrogens is 282 g/mol. The summed E-state index contributed by atoms with van der Waals surface area (Å²) in [6.07, 6.45) is 3.41. The van der Waals surface area contributed by atoms with Gasteiger partial charge in [0.25, 0.3) is 0 Å². The average Bonchev–Trinajstić information content (AvgIpc) is 3.25. The van der Waals surface area contributed by atoms with Crippen LogP contribution < -0.4 is 0 Å². The lowest BCUT2D eigenvalue weighted by Gasteiger charge is -2.33. The van der Waals surface area contributed by atoms with Crippen molar-refractivity contribution in [1.82, 2.24) is 14.8 Å². The molecule has 4 nitrogen and oxygen atoms in total. The number of ketones is 1. The quantitative estimate of drug-likeness (QED) is 0.756. The maximum atomic E-state index is 11.7. The zero-order valence-corrected chi connectivity index (χ0v) is 13.9. The van der Waals surface area contributed by atoms with Crippen molar-refractivity contribution in [3.8, 4) is 0 Å². The first-order chi connectivity index (χ1) is 10.2. The SMILES string of the molecule is CCN1CCN(CCc2nc(C3CC3)c(C(C)=O)s2)CC1. The molecular formula is C16H25N3OS. The Kier molecular flexibility index (Phi) is 4.72. The van der Waals surface area contributed by atoms with Crippen molar-refractivity contribution in [2.75, 3.05) is 39.3 Å². The van der Waals surface area contributed by atoms with Crippen molar-refractivity contribution < 1.29 is 4.79 Å². The Labute approximate surface area is 131 Å². The van der Waals surface area contributed by atoms with Gasteiger partial charge in [-0.05, 0) is 19.4 Å². The summed E-state index contributed by atoms with van der Waals surface area (Å²) in [5.41, 5.74) is 1.10. The number of piperazine rings is 1. The van der Waals surface area contributed by atoms with Crippen LogP contribution >= 0.6 is 11.3 Å². The van der Waals surface area contributed by atoms with Gasteiger partial charge < -0.3 is 9.80 Å². The van der Waals surface area contributed by atoms with E-state index < -0.39 is 0 Å². The molecule has 1 aliphatic carbocycles. The molecule has 3 rings (SSSR count). The number of hydrogen-bond donors (Lipinski definition) is 0. The fourth-order valence-corrected chi connectivity index (χ4v) is 3.99. The number of rotatable bonds is 6. The molecule has 1 aromatic rings. The third-order valence-electron chi connectivity index (χ3n) is 4.54. The first kappa shape index (κ1) is 15.1. The van der Waals surface area contributed by atoms with E-state index in [4.69, 9.17) is 4.98 Å². The van der Waals surface area contributed by atoms with Gasteiger partial charge in [-0.25, -0.2) is 4.98 Å². The summed E-state index contributed by atoms with van der Waals surface area (Å²) in [5, 5.41) is 1.15. The predicted octanol–water partition coefficient (Wildman–Crippen LogP) is 2.40. The molecule has 5 heteroatoms.